The van der Waals surface area contributed by atoms with Crippen LogP contribution in [0.4, 0.5) is 0 Å². The lowest BCUT2D eigenvalue weighted by atomic mass is 9.92. The number of rotatable bonds is 5. The number of thioether (sulfide) groups is 1. The Morgan fingerprint density at radius 3 is 2.50 bits per heavy atom. The van der Waals surface area contributed by atoms with Crippen molar-refractivity contribution < 1.29 is 39.8 Å². The minimum absolute atomic E-state index is 0.0763. The van der Waals surface area contributed by atoms with Crippen molar-refractivity contribution in [1.82, 2.24) is 10.6 Å². The van der Waals surface area contributed by atoms with Crippen LogP contribution in [0.25, 0.3) is 0 Å². The number of ether oxygens (including phenoxy) is 2. The van der Waals surface area contributed by atoms with E-state index in [0.29, 0.717) is 13.0 Å². The molecule has 0 aromatic rings. The smallest absolute Gasteiger partial charge is 0.240 e. The molecule has 10 nitrogen and oxygen atoms in total. The first-order chi connectivity index (χ1) is 14.1. The molecule has 12 unspecified atom stereocenters. The van der Waals surface area contributed by atoms with Crippen molar-refractivity contribution in [2.45, 2.75) is 79.0 Å². The summed E-state index contributed by atoms with van der Waals surface area (Å²) in [5, 5.41) is 55.7. The molecule has 0 radical (unpaired) electrons. The average molecular weight is 471 g/mol. The van der Waals surface area contributed by atoms with E-state index in [2.05, 4.69) is 10.6 Å². The second-order valence-corrected chi connectivity index (χ2v) is 9.83. The molecule has 3 rings (SSSR count). The van der Waals surface area contributed by atoms with E-state index < -0.39 is 71.5 Å². The van der Waals surface area contributed by atoms with Crippen LogP contribution in [-0.2, 0) is 14.3 Å². The normalized spacial score (nSPS) is 46.5. The Balaban J connectivity index is 1.71. The van der Waals surface area contributed by atoms with Gasteiger partial charge in [0.2, 0.25) is 5.91 Å². The maximum atomic E-state index is 13.0. The van der Waals surface area contributed by atoms with Gasteiger partial charge in [0.1, 0.15) is 42.0 Å². The van der Waals surface area contributed by atoms with Crippen molar-refractivity contribution in [2.75, 3.05) is 19.4 Å². The van der Waals surface area contributed by atoms with E-state index in [1.807, 2.05) is 0 Å². The summed E-state index contributed by atoms with van der Waals surface area (Å²) in [5.41, 5.74) is -0.787. The first-order valence-electron chi connectivity index (χ1n) is 10.0. The highest BCUT2D eigenvalue weighted by molar-refractivity contribution is 7.99. The van der Waals surface area contributed by atoms with Crippen molar-refractivity contribution in [3.63, 3.8) is 0 Å². The van der Waals surface area contributed by atoms with Crippen LogP contribution in [0.3, 0.4) is 0 Å². The van der Waals surface area contributed by atoms with Crippen LogP contribution >= 0.6 is 23.4 Å². The van der Waals surface area contributed by atoms with E-state index in [9.17, 15) is 30.3 Å². The topological polar surface area (TPSA) is 161 Å². The predicted molar refractivity (Wildman–Crippen MR) is 109 cm³/mol. The molecule has 0 saturated carbocycles. The number of carbonyl (C=O) groups is 1. The highest BCUT2D eigenvalue weighted by Gasteiger charge is 2.50. The molecule has 3 fully saturated rings. The van der Waals surface area contributed by atoms with Crippen LogP contribution in [0.15, 0.2) is 0 Å². The van der Waals surface area contributed by atoms with Gasteiger partial charge in [-0.15, -0.1) is 23.4 Å². The summed E-state index contributed by atoms with van der Waals surface area (Å²) in [6, 6.07) is -1.59. The number of amides is 1. The van der Waals surface area contributed by atoms with Crippen molar-refractivity contribution >= 4 is 29.3 Å². The Morgan fingerprint density at radius 2 is 1.87 bits per heavy atom. The Labute approximate surface area is 184 Å². The van der Waals surface area contributed by atoms with E-state index >= 15 is 0 Å². The zero-order chi connectivity index (χ0) is 22.2. The van der Waals surface area contributed by atoms with Gasteiger partial charge in [0, 0.05) is 12.5 Å². The van der Waals surface area contributed by atoms with Crippen molar-refractivity contribution in [3.05, 3.63) is 0 Å². The van der Waals surface area contributed by atoms with E-state index in [-0.39, 0.29) is 12.5 Å². The molecule has 30 heavy (non-hydrogen) atoms. The number of aliphatic hydroxyl groups is 5. The fraction of sp³-hybridized carbons (Fsp3) is 0.944. The van der Waals surface area contributed by atoms with Crippen LogP contribution in [0.5, 0.6) is 0 Å². The average Bonchev–Trinajstić information content (AvgIpc) is 3.05. The quantitative estimate of drug-likeness (QED) is 0.212. The molecule has 0 bridgehead atoms. The molecule has 3 heterocycles. The minimum atomic E-state index is -1.45. The fourth-order valence-corrected chi connectivity index (χ4v) is 5.23. The van der Waals surface area contributed by atoms with Crippen molar-refractivity contribution in [2.24, 2.45) is 5.92 Å². The SMILES string of the molecule is CSC1OC(C(NC(=O)C2NCC3CC(O)C(O)COC32)C(C)Cl)C(O)C(O)C1O. The molecular weight excluding hydrogens is 440 g/mol. The number of carbonyl (C=O) groups excluding carboxylic acids is 1. The van der Waals surface area contributed by atoms with Gasteiger partial charge in [-0.25, -0.2) is 0 Å². The summed E-state index contributed by atoms with van der Waals surface area (Å²) >= 11 is 7.47. The van der Waals surface area contributed by atoms with E-state index in [4.69, 9.17) is 21.1 Å². The fourth-order valence-electron chi connectivity index (χ4n) is 4.34. The van der Waals surface area contributed by atoms with Crippen LogP contribution < -0.4 is 10.6 Å². The van der Waals surface area contributed by atoms with Gasteiger partial charge in [-0.2, -0.15) is 0 Å². The zero-order valence-electron chi connectivity index (χ0n) is 16.8. The third kappa shape index (κ3) is 4.90. The monoisotopic (exact) mass is 470 g/mol. The number of nitrogens with one attached hydrogen (secondary N) is 2. The van der Waals surface area contributed by atoms with Gasteiger partial charge in [-0.05, 0) is 19.6 Å². The molecule has 3 aliphatic rings. The van der Waals surface area contributed by atoms with Crippen LogP contribution in [0.2, 0.25) is 0 Å². The van der Waals surface area contributed by atoms with Gasteiger partial charge in [-0.3, -0.25) is 4.79 Å². The second-order valence-electron chi connectivity index (χ2n) is 8.20. The first kappa shape index (κ1) is 24.4. The summed E-state index contributed by atoms with van der Waals surface area (Å²) in [4.78, 5) is 13.0. The van der Waals surface area contributed by atoms with Crippen LogP contribution in [0, 0.1) is 5.92 Å². The molecule has 1 amide bonds. The second kappa shape index (κ2) is 10.2. The lowest BCUT2D eigenvalue weighted by Crippen LogP contribution is -2.65. The molecule has 12 heteroatoms. The van der Waals surface area contributed by atoms with Crippen molar-refractivity contribution in [3.8, 4) is 0 Å². The standard InChI is InChI=1S/C18H31ClN2O8S/c1-6(19)10(16-13(25)12(24)14(26)18(29-16)30-2)21-17(27)11-15-7(4-20-11)3-8(22)9(23)5-28-15/h6-16,18,20,22-26H,3-5H2,1-2H3,(H,21,27). The largest absolute Gasteiger partial charge is 0.390 e. The van der Waals surface area contributed by atoms with Crippen LogP contribution in [-0.4, -0.2) is 116 Å². The summed E-state index contributed by atoms with van der Waals surface area (Å²) in [6.45, 7) is 2.00. The number of hydrogen-bond donors (Lipinski definition) is 7. The Bertz CT molecular complexity index is 603. The van der Waals surface area contributed by atoms with Gasteiger partial charge in [0.05, 0.1) is 30.2 Å². The Kier molecular flexibility index (Phi) is 8.27. The lowest BCUT2D eigenvalue weighted by molar-refractivity contribution is -0.205. The van der Waals surface area contributed by atoms with Crippen molar-refractivity contribution in [1.29, 1.82) is 0 Å². The third-order valence-electron chi connectivity index (χ3n) is 6.12. The summed E-state index contributed by atoms with van der Waals surface area (Å²) in [5.74, 6) is -0.572. The highest BCUT2D eigenvalue weighted by Crippen LogP contribution is 2.31. The van der Waals surface area contributed by atoms with E-state index in [0.717, 1.165) is 0 Å². The van der Waals surface area contributed by atoms with Gasteiger partial charge >= 0.3 is 0 Å². The molecule has 0 aromatic heterocycles. The molecule has 3 aliphatic heterocycles. The van der Waals surface area contributed by atoms with Gasteiger partial charge in [-0.1, -0.05) is 0 Å². The third-order valence-corrected chi connectivity index (χ3v) is 7.25. The molecule has 3 saturated heterocycles. The number of aliphatic hydroxyl groups excluding tert-OH is 5. The highest BCUT2D eigenvalue weighted by atomic mass is 35.5. The molecule has 0 aliphatic carbocycles. The summed E-state index contributed by atoms with van der Waals surface area (Å²) in [7, 11) is 0. The Hall–Kier alpha value is -0.210. The minimum Gasteiger partial charge on any atom is -0.390 e. The summed E-state index contributed by atoms with van der Waals surface area (Å²) in [6.07, 6.45) is -5.65. The number of fused-ring (bicyclic) bond motifs is 1. The molecule has 7 N–H and O–H groups in total. The molecule has 0 spiro atoms. The lowest BCUT2D eigenvalue weighted by Gasteiger charge is -2.44. The van der Waals surface area contributed by atoms with Gasteiger partial charge in [0.15, 0.2) is 0 Å². The number of hydrogen-bond acceptors (Lipinski definition) is 10. The number of alkyl halides is 1. The van der Waals surface area contributed by atoms with Gasteiger partial charge < -0.3 is 45.6 Å². The number of halogens is 1. The first-order valence-corrected chi connectivity index (χ1v) is 11.8. The maximum Gasteiger partial charge on any atom is 0.240 e. The molecule has 12 atom stereocenters. The van der Waals surface area contributed by atoms with E-state index in [1.54, 1.807) is 13.2 Å². The zero-order valence-corrected chi connectivity index (χ0v) is 18.4. The van der Waals surface area contributed by atoms with Gasteiger partial charge in [0.25, 0.3) is 0 Å². The molecule has 174 valence electrons. The maximum absolute atomic E-state index is 13.0. The molecule has 0 aromatic carbocycles. The van der Waals surface area contributed by atoms with E-state index in [1.165, 1.54) is 11.8 Å². The summed E-state index contributed by atoms with van der Waals surface area (Å²) < 4.78 is 11.5. The molecular formula is C18H31ClN2O8S. The predicted octanol–water partition coefficient (Wildman–Crippen LogP) is -2.63. The van der Waals surface area contributed by atoms with Crippen LogP contribution in [0.1, 0.15) is 13.3 Å². The Morgan fingerprint density at radius 1 is 1.17 bits per heavy atom.